The van der Waals surface area contributed by atoms with Gasteiger partial charge >= 0.3 is 0 Å². The molecule has 1 saturated heterocycles. The minimum absolute atomic E-state index is 0. The van der Waals surface area contributed by atoms with E-state index >= 15 is 0 Å². The number of rotatable bonds is 4. The van der Waals surface area contributed by atoms with Crippen LogP contribution < -0.4 is 20.1 Å². The lowest BCUT2D eigenvalue weighted by Crippen LogP contribution is -2.34. The quantitative estimate of drug-likeness (QED) is 0.698. The molecule has 3 heterocycles. The van der Waals surface area contributed by atoms with Gasteiger partial charge < -0.3 is 25.2 Å². The third-order valence-electron chi connectivity index (χ3n) is 4.19. The molecule has 1 aromatic carbocycles. The Morgan fingerprint density at radius 3 is 2.88 bits per heavy atom. The van der Waals surface area contributed by atoms with Crippen molar-refractivity contribution in [3.05, 3.63) is 29.3 Å². The van der Waals surface area contributed by atoms with Crippen molar-refractivity contribution in [2.45, 2.75) is 6.10 Å². The molecule has 0 spiro atoms. The van der Waals surface area contributed by atoms with Crippen molar-refractivity contribution in [1.82, 2.24) is 15.6 Å². The maximum Gasteiger partial charge on any atom is 0.270 e. The van der Waals surface area contributed by atoms with E-state index in [-0.39, 0.29) is 43.4 Å². The highest BCUT2D eigenvalue weighted by Crippen LogP contribution is 2.36. The van der Waals surface area contributed by atoms with E-state index in [1.165, 1.54) is 11.3 Å². The summed E-state index contributed by atoms with van der Waals surface area (Å²) in [6.45, 7) is 1.95. The number of halogens is 2. The fourth-order valence-electron chi connectivity index (χ4n) is 2.78. The summed E-state index contributed by atoms with van der Waals surface area (Å²) in [5, 5.41) is 18.2. The fourth-order valence-corrected chi connectivity index (χ4v) is 3.58. The highest BCUT2D eigenvalue weighted by atomic mass is 35.5. The number of hydrogen-bond acceptors (Lipinski definition) is 7. The van der Waals surface area contributed by atoms with Gasteiger partial charge in [0.2, 0.25) is 6.79 Å². The maximum absolute atomic E-state index is 12.2. The van der Waals surface area contributed by atoms with E-state index in [0.29, 0.717) is 31.1 Å². The lowest BCUT2D eigenvalue weighted by Gasteiger charge is -2.13. The van der Waals surface area contributed by atoms with Gasteiger partial charge in [-0.05, 0) is 18.2 Å². The van der Waals surface area contributed by atoms with E-state index in [2.05, 4.69) is 15.6 Å². The molecule has 10 heteroatoms. The van der Waals surface area contributed by atoms with Crippen LogP contribution in [0.3, 0.4) is 0 Å². The standard InChI is InChI=1S/C16H17N3O4S.2ClH/c20-12-6-17-4-10(12)5-18-15(21)11-7-24-16(19-11)9-1-2-13-14(3-9)23-8-22-13;;/h1-3,7,10,12,17,20H,4-6,8H2,(H,18,21);2*1H. The highest BCUT2D eigenvalue weighted by molar-refractivity contribution is 7.13. The van der Waals surface area contributed by atoms with Gasteiger partial charge in [0.05, 0.1) is 6.10 Å². The molecular weight excluding hydrogens is 401 g/mol. The first-order valence-corrected chi connectivity index (χ1v) is 8.61. The summed E-state index contributed by atoms with van der Waals surface area (Å²) in [6.07, 6.45) is -0.412. The first kappa shape index (κ1) is 20.7. The van der Waals surface area contributed by atoms with Crippen LogP contribution in [0.5, 0.6) is 11.5 Å². The normalized spacial score (nSPS) is 20.2. The molecule has 2 aliphatic heterocycles. The molecule has 26 heavy (non-hydrogen) atoms. The molecule has 1 fully saturated rings. The van der Waals surface area contributed by atoms with Crippen LogP contribution >= 0.6 is 36.2 Å². The number of amides is 1. The number of nitrogens with one attached hydrogen (secondary N) is 2. The molecule has 0 aliphatic carbocycles. The average molecular weight is 420 g/mol. The van der Waals surface area contributed by atoms with Crippen molar-refractivity contribution in [3.63, 3.8) is 0 Å². The number of ether oxygens (including phenoxy) is 2. The Bertz CT molecular complexity index is 774. The second-order valence-corrected chi connectivity index (χ2v) is 6.66. The van der Waals surface area contributed by atoms with Crippen LogP contribution in [0, 0.1) is 5.92 Å². The molecule has 0 bridgehead atoms. The number of benzene rings is 1. The lowest BCUT2D eigenvalue weighted by atomic mass is 10.1. The van der Waals surface area contributed by atoms with Crippen molar-refractivity contribution >= 4 is 42.1 Å². The second-order valence-electron chi connectivity index (χ2n) is 5.80. The van der Waals surface area contributed by atoms with Gasteiger partial charge in [-0.25, -0.2) is 4.98 Å². The van der Waals surface area contributed by atoms with Crippen molar-refractivity contribution in [2.75, 3.05) is 26.4 Å². The molecule has 0 radical (unpaired) electrons. The third kappa shape index (κ3) is 4.21. The van der Waals surface area contributed by atoms with Crippen LogP contribution in [0.1, 0.15) is 10.5 Å². The molecule has 2 aromatic rings. The highest BCUT2D eigenvalue weighted by Gasteiger charge is 2.25. The van der Waals surface area contributed by atoms with Crippen molar-refractivity contribution < 1.29 is 19.4 Å². The second kappa shape index (κ2) is 8.88. The smallest absolute Gasteiger partial charge is 0.270 e. The molecule has 0 saturated carbocycles. The molecule has 1 amide bonds. The Kier molecular flexibility index (Phi) is 7.08. The number of β-amino-alcohol motifs (C(OH)–C–C–N with tert-alkyl or cyclic N) is 1. The van der Waals surface area contributed by atoms with E-state index in [1.807, 2.05) is 18.2 Å². The summed E-state index contributed by atoms with van der Waals surface area (Å²) in [4.78, 5) is 16.6. The van der Waals surface area contributed by atoms with Crippen molar-refractivity contribution in [3.8, 4) is 22.1 Å². The minimum atomic E-state index is -0.412. The van der Waals surface area contributed by atoms with E-state index in [9.17, 15) is 9.90 Å². The molecule has 142 valence electrons. The first-order valence-electron chi connectivity index (χ1n) is 7.73. The van der Waals surface area contributed by atoms with Crippen LogP contribution in [0.25, 0.3) is 10.6 Å². The Labute approximate surface area is 166 Å². The van der Waals surface area contributed by atoms with Gasteiger partial charge in [0, 0.05) is 36.5 Å². The molecular formula is C16H19Cl2N3O4S. The van der Waals surface area contributed by atoms with Crippen LogP contribution in [0.4, 0.5) is 0 Å². The number of aliphatic hydroxyl groups is 1. The largest absolute Gasteiger partial charge is 0.454 e. The number of fused-ring (bicyclic) bond motifs is 1. The van der Waals surface area contributed by atoms with Crippen LogP contribution in [-0.4, -0.2) is 48.5 Å². The number of aromatic nitrogens is 1. The summed E-state index contributed by atoms with van der Waals surface area (Å²) in [6, 6.07) is 5.60. The van der Waals surface area contributed by atoms with Crippen molar-refractivity contribution in [2.24, 2.45) is 5.92 Å². The van der Waals surface area contributed by atoms with Gasteiger partial charge in [-0.3, -0.25) is 4.79 Å². The van der Waals surface area contributed by atoms with Crippen molar-refractivity contribution in [1.29, 1.82) is 0 Å². The summed E-state index contributed by atoms with van der Waals surface area (Å²) in [5.74, 6) is 1.23. The molecule has 1 aromatic heterocycles. The van der Waals surface area contributed by atoms with Gasteiger partial charge in [-0.1, -0.05) is 0 Å². The van der Waals surface area contributed by atoms with Gasteiger partial charge in [-0.15, -0.1) is 36.2 Å². The Balaban J connectivity index is 0.00000121. The van der Waals surface area contributed by atoms with Gasteiger partial charge in [0.1, 0.15) is 10.7 Å². The zero-order valence-corrected chi connectivity index (χ0v) is 16.1. The lowest BCUT2D eigenvalue weighted by molar-refractivity contribution is 0.0923. The van der Waals surface area contributed by atoms with Gasteiger partial charge in [0.25, 0.3) is 5.91 Å². The number of hydrogen-bond donors (Lipinski definition) is 3. The summed E-state index contributed by atoms with van der Waals surface area (Å²) in [5.41, 5.74) is 1.27. The van der Waals surface area contributed by atoms with E-state index in [4.69, 9.17) is 9.47 Å². The minimum Gasteiger partial charge on any atom is -0.454 e. The Morgan fingerprint density at radius 1 is 1.31 bits per heavy atom. The summed E-state index contributed by atoms with van der Waals surface area (Å²) < 4.78 is 10.7. The number of nitrogens with zero attached hydrogens (tertiary/aromatic N) is 1. The predicted molar refractivity (Wildman–Crippen MR) is 103 cm³/mol. The van der Waals surface area contributed by atoms with E-state index < -0.39 is 6.10 Å². The van der Waals surface area contributed by atoms with Gasteiger partial charge in [0.15, 0.2) is 11.5 Å². The van der Waals surface area contributed by atoms with Crippen LogP contribution in [0.15, 0.2) is 23.6 Å². The Hall–Kier alpha value is -1.58. The number of carbonyl (C=O) groups is 1. The zero-order valence-electron chi connectivity index (χ0n) is 13.6. The SMILES string of the molecule is Cl.Cl.O=C(NCC1CNCC1O)c1csc(-c2ccc3c(c2)OCO3)n1. The van der Waals surface area contributed by atoms with E-state index in [0.717, 1.165) is 16.3 Å². The summed E-state index contributed by atoms with van der Waals surface area (Å²) >= 11 is 1.41. The van der Waals surface area contributed by atoms with Gasteiger partial charge in [-0.2, -0.15) is 0 Å². The fraction of sp³-hybridized carbons (Fsp3) is 0.375. The molecule has 2 aliphatic rings. The van der Waals surface area contributed by atoms with Crippen LogP contribution in [-0.2, 0) is 0 Å². The monoisotopic (exact) mass is 419 g/mol. The number of aliphatic hydroxyl groups excluding tert-OH is 1. The maximum atomic E-state index is 12.2. The third-order valence-corrected chi connectivity index (χ3v) is 5.08. The van der Waals surface area contributed by atoms with Crippen LogP contribution in [0.2, 0.25) is 0 Å². The molecule has 7 nitrogen and oxygen atoms in total. The predicted octanol–water partition coefficient (Wildman–Crippen LogP) is 1.69. The summed E-state index contributed by atoms with van der Waals surface area (Å²) in [7, 11) is 0. The van der Waals surface area contributed by atoms with E-state index in [1.54, 1.807) is 5.38 Å². The topological polar surface area (TPSA) is 92.7 Å². The Morgan fingerprint density at radius 2 is 2.12 bits per heavy atom. The first-order chi connectivity index (χ1) is 11.7. The molecule has 3 N–H and O–H groups in total. The number of thiazole rings is 1. The zero-order chi connectivity index (χ0) is 16.5. The average Bonchev–Trinajstić information content (AvgIpc) is 3.32. The molecule has 2 atom stereocenters. The molecule has 4 rings (SSSR count). The number of carbonyl (C=O) groups excluding carboxylic acids is 1. The molecule has 2 unspecified atom stereocenters.